The van der Waals surface area contributed by atoms with Gasteiger partial charge in [0.2, 0.25) is 5.91 Å². The molecule has 1 amide bonds. The Morgan fingerprint density at radius 3 is 2.38 bits per heavy atom. The molecule has 4 aromatic rings. The van der Waals surface area contributed by atoms with Crippen LogP contribution in [0.1, 0.15) is 12.5 Å². The van der Waals surface area contributed by atoms with Crippen LogP contribution in [0.4, 0.5) is 5.69 Å². The first-order valence-electron chi connectivity index (χ1n) is 12.9. The molecule has 0 aliphatic carbocycles. The summed E-state index contributed by atoms with van der Waals surface area (Å²) in [4.78, 5) is 17.9. The largest absolute Gasteiger partial charge is 0.496 e. The number of amides is 1. The molecule has 1 atom stereocenters. The number of rotatable bonds is 6. The van der Waals surface area contributed by atoms with Gasteiger partial charge in [-0.2, -0.15) is 5.26 Å². The highest BCUT2D eigenvalue weighted by atomic mass is 35.5. The van der Waals surface area contributed by atoms with Gasteiger partial charge in [0.15, 0.2) is 0 Å². The normalized spacial score (nSPS) is 15.1. The first kappa shape index (κ1) is 26.9. The fourth-order valence-corrected chi connectivity index (χ4v) is 5.81. The minimum absolute atomic E-state index is 0.166. The van der Waals surface area contributed by atoms with E-state index in [0.29, 0.717) is 36.2 Å². The molecule has 1 aliphatic rings. The molecule has 1 unspecified atom stereocenters. The number of methoxy groups -OCH3 is 1. The van der Waals surface area contributed by atoms with Gasteiger partial charge in [0.1, 0.15) is 11.2 Å². The molecule has 0 N–H and O–H groups in total. The van der Waals surface area contributed by atoms with E-state index in [1.807, 2.05) is 48.5 Å². The first-order chi connectivity index (χ1) is 18.9. The highest BCUT2D eigenvalue weighted by Gasteiger charge is 2.39. The van der Waals surface area contributed by atoms with E-state index >= 15 is 0 Å². The molecule has 5 rings (SSSR count). The monoisotopic (exact) mass is 557 g/mol. The lowest BCUT2D eigenvalue weighted by Crippen LogP contribution is -2.53. The third-order valence-corrected chi connectivity index (χ3v) is 8.33. The smallest absolute Gasteiger partial charge is 0.243 e. The fraction of sp³-hybridized carbons (Fsp3) is 0.250. The number of halogens is 2. The van der Waals surface area contributed by atoms with Gasteiger partial charge in [-0.3, -0.25) is 4.79 Å². The molecule has 1 saturated heterocycles. The maximum Gasteiger partial charge on any atom is 0.243 e. The number of hydrogen-bond acceptors (Lipinski definition) is 4. The van der Waals surface area contributed by atoms with E-state index in [1.165, 1.54) is 0 Å². The Bertz CT molecular complexity index is 1570. The second-order valence-corrected chi connectivity index (χ2v) is 10.8. The lowest BCUT2D eigenvalue weighted by atomic mass is 9.79. The van der Waals surface area contributed by atoms with Crippen LogP contribution in [0.15, 0.2) is 78.9 Å². The van der Waals surface area contributed by atoms with Gasteiger partial charge in [0.25, 0.3) is 0 Å². The summed E-state index contributed by atoms with van der Waals surface area (Å²) >= 11 is 12.7. The van der Waals surface area contributed by atoms with Gasteiger partial charge in [-0.25, -0.2) is 0 Å². The van der Waals surface area contributed by atoms with Gasteiger partial charge in [-0.15, -0.1) is 0 Å². The summed E-state index contributed by atoms with van der Waals surface area (Å²) in [5.74, 6) is 0.579. The number of para-hydroxylation sites is 1. The summed E-state index contributed by atoms with van der Waals surface area (Å²) in [6, 6.07) is 28.0. The van der Waals surface area contributed by atoms with Crippen LogP contribution in [0.2, 0.25) is 10.0 Å². The summed E-state index contributed by atoms with van der Waals surface area (Å²) in [6.45, 7) is 3.95. The lowest BCUT2D eigenvalue weighted by molar-refractivity contribution is -0.138. The number of ether oxygens (including phenoxy) is 1. The van der Waals surface area contributed by atoms with Gasteiger partial charge in [-0.05, 0) is 47.0 Å². The van der Waals surface area contributed by atoms with Crippen molar-refractivity contribution < 1.29 is 9.53 Å². The van der Waals surface area contributed by atoms with Crippen molar-refractivity contribution in [2.45, 2.75) is 13.3 Å². The molecule has 0 spiro atoms. The van der Waals surface area contributed by atoms with E-state index in [9.17, 15) is 10.1 Å². The number of carbonyl (C=O) groups is 1. The second kappa shape index (κ2) is 11.2. The molecule has 0 aromatic heterocycles. The van der Waals surface area contributed by atoms with Gasteiger partial charge < -0.3 is 14.5 Å². The Kier molecular flexibility index (Phi) is 7.70. The number of anilines is 1. The molecule has 5 nitrogen and oxygen atoms in total. The van der Waals surface area contributed by atoms with Crippen molar-refractivity contribution in [3.63, 3.8) is 0 Å². The quantitative estimate of drug-likeness (QED) is 0.250. The average Bonchev–Trinajstić information content (AvgIpc) is 2.98. The third-order valence-electron chi connectivity index (χ3n) is 7.53. The van der Waals surface area contributed by atoms with Crippen LogP contribution in [-0.4, -0.2) is 44.1 Å². The Morgan fingerprint density at radius 1 is 0.923 bits per heavy atom. The molecule has 1 fully saturated rings. The summed E-state index contributed by atoms with van der Waals surface area (Å²) in [5.41, 5.74) is 2.45. The van der Waals surface area contributed by atoms with Crippen molar-refractivity contribution >= 4 is 45.6 Å². The molecule has 0 saturated carbocycles. The van der Waals surface area contributed by atoms with E-state index in [0.717, 1.165) is 38.9 Å². The molecular formula is C32H29Cl2N3O2. The number of piperazine rings is 1. The van der Waals surface area contributed by atoms with Gasteiger partial charge >= 0.3 is 0 Å². The molecule has 1 heterocycles. The predicted octanol–water partition coefficient (Wildman–Crippen LogP) is 7.24. The van der Waals surface area contributed by atoms with Crippen molar-refractivity contribution in [2.24, 2.45) is 5.41 Å². The average molecular weight is 559 g/mol. The van der Waals surface area contributed by atoms with Gasteiger partial charge in [-0.1, -0.05) is 83.9 Å². The van der Waals surface area contributed by atoms with Crippen molar-refractivity contribution in [3.8, 4) is 22.9 Å². The number of benzene rings is 4. The van der Waals surface area contributed by atoms with E-state index in [-0.39, 0.29) is 12.3 Å². The molecule has 39 heavy (non-hydrogen) atoms. The maximum atomic E-state index is 13.9. The van der Waals surface area contributed by atoms with E-state index in [1.54, 1.807) is 25.0 Å². The topological polar surface area (TPSA) is 56.6 Å². The fourth-order valence-electron chi connectivity index (χ4n) is 5.40. The predicted molar refractivity (Wildman–Crippen MR) is 159 cm³/mol. The Labute approximate surface area is 239 Å². The number of fused-ring (bicyclic) bond motifs is 1. The first-order valence-corrected chi connectivity index (χ1v) is 13.7. The Balaban J connectivity index is 1.46. The lowest BCUT2D eigenvalue weighted by Gasteiger charge is -2.39. The van der Waals surface area contributed by atoms with Crippen LogP contribution < -0.4 is 9.64 Å². The number of carbonyl (C=O) groups excluding carboxylic acids is 1. The van der Waals surface area contributed by atoms with Crippen LogP contribution >= 0.6 is 23.2 Å². The van der Waals surface area contributed by atoms with Crippen LogP contribution in [0.5, 0.6) is 5.75 Å². The molecule has 7 heteroatoms. The summed E-state index contributed by atoms with van der Waals surface area (Å²) in [5, 5.41) is 13.5. The summed E-state index contributed by atoms with van der Waals surface area (Å²) in [7, 11) is 1.65. The van der Waals surface area contributed by atoms with Crippen molar-refractivity contribution in [1.82, 2.24) is 4.90 Å². The van der Waals surface area contributed by atoms with E-state index < -0.39 is 5.41 Å². The molecular weight excluding hydrogens is 529 g/mol. The maximum absolute atomic E-state index is 13.9. The summed E-state index contributed by atoms with van der Waals surface area (Å²) in [6.07, 6.45) is 0.275. The number of nitrogens with zero attached hydrogens (tertiary/aromatic N) is 3. The second-order valence-electron chi connectivity index (χ2n) is 9.99. The minimum atomic E-state index is -1.25. The van der Waals surface area contributed by atoms with Crippen LogP contribution in [0.3, 0.4) is 0 Å². The van der Waals surface area contributed by atoms with Gasteiger partial charge in [0.05, 0.1) is 28.9 Å². The Hall–Kier alpha value is -3.72. The van der Waals surface area contributed by atoms with Crippen molar-refractivity contribution in [3.05, 3.63) is 94.5 Å². The zero-order valence-electron chi connectivity index (χ0n) is 22.0. The molecule has 4 aromatic carbocycles. The third kappa shape index (κ3) is 5.15. The number of hydrogen-bond donors (Lipinski definition) is 0. The van der Waals surface area contributed by atoms with Crippen LogP contribution in [0.25, 0.3) is 21.9 Å². The van der Waals surface area contributed by atoms with E-state index in [4.69, 9.17) is 27.9 Å². The minimum Gasteiger partial charge on any atom is -0.496 e. The van der Waals surface area contributed by atoms with Crippen LogP contribution in [-0.2, 0) is 11.2 Å². The SMILES string of the molecule is COc1ccccc1-c1ccc2ccccc2c1CC(C)(C#N)C(=O)N1CCN(c2cccc(Cl)c2Cl)CC1. The standard InChI is InChI=1S/C32H29Cl2N3O2/c1-32(21-35,31(38)37-18-16-36(17-19-37)28-12-7-11-27(33)30(28)34)20-26-23-9-4-3-8-22(23)14-15-24(26)25-10-5-6-13-29(25)39-2/h3-15H,16-20H2,1-2H3. The summed E-state index contributed by atoms with van der Waals surface area (Å²) < 4.78 is 5.67. The highest BCUT2D eigenvalue weighted by Crippen LogP contribution is 2.40. The molecule has 0 bridgehead atoms. The zero-order valence-corrected chi connectivity index (χ0v) is 23.5. The Morgan fingerprint density at radius 2 is 1.64 bits per heavy atom. The number of nitriles is 1. The highest BCUT2D eigenvalue weighted by molar-refractivity contribution is 6.43. The van der Waals surface area contributed by atoms with Gasteiger partial charge in [0, 0.05) is 38.2 Å². The van der Waals surface area contributed by atoms with Crippen molar-refractivity contribution in [1.29, 1.82) is 5.26 Å². The van der Waals surface area contributed by atoms with E-state index in [2.05, 4.69) is 35.2 Å². The molecule has 198 valence electrons. The van der Waals surface area contributed by atoms with Crippen LogP contribution in [0, 0.1) is 16.7 Å². The molecule has 1 aliphatic heterocycles. The van der Waals surface area contributed by atoms with Crippen molar-refractivity contribution in [2.75, 3.05) is 38.2 Å². The zero-order chi connectivity index (χ0) is 27.6. The molecule has 0 radical (unpaired) electrons.